The number of benzene rings is 1. The number of nitrogens with one attached hydrogen (secondary N) is 2. The monoisotopic (exact) mass is 240 g/mol. The van der Waals surface area contributed by atoms with Gasteiger partial charge in [0.1, 0.15) is 0 Å². The first-order valence-corrected chi connectivity index (χ1v) is 6.54. The van der Waals surface area contributed by atoms with Gasteiger partial charge in [0, 0.05) is 22.3 Å². The van der Waals surface area contributed by atoms with E-state index < -0.39 is 5.41 Å². The predicted octanol–water partition coefficient (Wildman–Crippen LogP) is 3.28. The molecule has 18 heavy (non-hydrogen) atoms. The van der Waals surface area contributed by atoms with Gasteiger partial charge in [-0.1, -0.05) is 0 Å². The molecule has 2 heterocycles. The molecule has 3 nitrogen and oxygen atoms in total. The Kier molecular flexibility index (Phi) is 1.68. The smallest absolute Gasteiger partial charge is 0.234 e. The summed E-state index contributed by atoms with van der Waals surface area (Å²) < 4.78 is 0. The van der Waals surface area contributed by atoms with Crippen molar-refractivity contribution in [2.24, 2.45) is 0 Å². The number of amides is 1. The molecular weight excluding hydrogens is 224 g/mol. The van der Waals surface area contributed by atoms with Crippen LogP contribution < -0.4 is 5.32 Å². The Morgan fingerprint density at radius 2 is 2.00 bits per heavy atom. The maximum absolute atomic E-state index is 11.9. The lowest BCUT2D eigenvalue weighted by Crippen LogP contribution is -2.26. The lowest BCUT2D eigenvalue weighted by Gasteiger charge is -2.14. The summed E-state index contributed by atoms with van der Waals surface area (Å²) >= 11 is 0. The molecule has 0 radical (unpaired) electrons. The average Bonchev–Trinajstić information content (AvgIpc) is 3.04. The highest BCUT2D eigenvalue weighted by atomic mass is 16.2. The molecule has 1 fully saturated rings. The maximum atomic E-state index is 11.9. The van der Waals surface area contributed by atoms with Crippen LogP contribution in [0.25, 0.3) is 10.9 Å². The Balaban J connectivity index is 1.93. The molecule has 0 saturated heterocycles. The molecule has 1 amide bonds. The molecule has 1 aromatic heterocycles. The molecule has 4 rings (SSSR count). The fourth-order valence-corrected chi connectivity index (χ4v) is 2.84. The first kappa shape index (κ1) is 10.2. The van der Waals surface area contributed by atoms with Gasteiger partial charge >= 0.3 is 0 Å². The van der Waals surface area contributed by atoms with Gasteiger partial charge in [-0.3, -0.25) is 4.79 Å². The van der Waals surface area contributed by atoms with Crippen LogP contribution in [0.4, 0.5) is 5.69 Å². The second-order valence-electron chi connectivity index (χ2n) is 6.06. The van der Waals surface area contributed by atoms with Gasteiger partial charge in [-0.05, 0) is 56.4 Å². The summed E-state index contributed by atoms with van der Waals surface area (Å²) in [6.07, 6.45) is 2.60. The van der Waals surface area contributed by atoms with Crippen LogP contribution in [0.2, 0.25) is 0 Å². The fourth-order valence-electron chi connectivity index (χ4n) is 2.84. The van der Waals surface area contributed by atoms with Crippen LogP contribution in [-0.4, -0.2) is 10.9 Å². The van der Waals surface area contributed by atoms with Crippen molar-refractivity contribution in [1.82, 2.24) is 4.98 Å². The Morgan fingerprint density at radius 3 is 2.72 bits per heavy atom. The summed E-state index contributed by atoms with van der Waals surface area (Å²) in [5.74, 6) is 0.822. The van der Waals surface area contributed by atoms with Crippen LogP contribution in [0.3, 0.4) is 0 Å². The normalized spacial score (nSPS) is 21.1. The first-order chi connectivity index (χ1) is 8.55. The molecule has 2 N–H and O–H groups in total. The number of hydrogen-bond donors (Lipinski definition) is 2. The molecule has 92 valence electrons. The lowest BCUT2D eigenvalue weighted by molar-refractivity contribution is -0.119. The number of carbonyl (C=O) groups excluding carboxylic acids is 1. The van der Waals surface area contributed by atoms with Crippen LogP contribution >= 0.6 is 0 Å². The van der Waals surface area contributed by atoms with E-state index in [0.717, 1.165) is 22.7 Å². The van der Waals surface area contributed by atoms with Gasteiger partial charge in [0.15, 0.2) is 0 Å². The summed E-state index contributed by atoms with van der Waals surface area (Å²) in [7, 11) is 0. The van der Waals surface area contributed by atoms with Crippen molar-refractivity contribution in [3.63, 3.8) is 0 Å². The highest BCUT2D eigenvalue weighted by Crippen LogP contribution is 2.43. The first-order valence-electron chi connectivity index (χ1n) is 6.54. The van der Waals surface area contributed by atoms with Crippen molar-refractivity contribution in [3.05, 3.63) is 29.5 Å². The zero-order chi connectivity index (χ0) is 12.5. The fraction of sp³-hybridized carbons (Fsp3) is 0.400. The standard InChI is InChI=1S/C15H16N2O/c1-15(2)10-5-9-6-11(8-3-4-8)16-12(9)7-13(10)17-14(15)18/h5-8,16H,3-4H2,1-2H3,(H,17,18). The Labute approximate surface area is 106 Å². The molecule has 1 aliphatic carbocycles. The number of hydrogen-bond acceptors (Lipinski definition) is 1. The van der Waals surface area contributed by atoms with E-state index in [1.807, 2.05) is 13.8 Å². The minimum atomic E-state index is -0.416. The van der Waals surface area contributed by atoms with Crippen LogP contribution in [0.1, 0.15) is 43.9 Å². The number of rotatable bonds is 1. The molecule has 2 aliphatic rings. The van der Waals surface area contributed by atoms with E-state index in [-0.39, 0.29) is 5.91 Å². The second-order valence-corrected chi connectivity index (χ2v) is 6.06. The molecule has 1 saturated carbocycles. The molecular formula is C15H16N2O. The molecule has 0 unspecified atom stereocenters. The Hall–Kier alpha value is -1.77. The molecule has 3 heteroatoms. The van der Waals surface area contributed by atoms with Crippen LogP contribution in [-0.2, 0) is 10.2 Å². The number of aromatic amines is 1. The van der Waals surface area contributed by atoms with Gasteiger partial charge in [0.2, 0.25) is 5.91 Å². The molecule has 1 aliphatic heterocycles. The quantitative estimate of drug-likeness (QED) is 0.789. The summed E-state index contributed by atoms with van der Waals surface area (Å²) in [5.41, 5.74) is 4.13. The summed E-state index contributed by atoms with van der Waals surface area (Å²) in [4.78, 5) is 15.4. The van der Waals surface area contributed by atoms with Crippen molar-refractivity contribution < 1.29 is 4.79 Å². The zero-order valence-corrected chi connectivity index (χ0v) is 10.6. The van der Waals surface area contributed by atoms with Gasteiger partial charge in [-0.25, -0.2) is 0 Å². The zero-order valence-electron chi connectivity index (χ0n) is 10.6. The summed E-state index contributed by atoms with van der Waals surface area (Å²) in [6, 6.07) is 6.47. The van der Waals surface area contributed by atoms with Crippen molar-refractivity contribution in [3.8, 4) is 0 Å². The van der Waals surface area contributed by atoms with Crippen molar-refractivity contribution in [2.45, 2.75) is 38.0 Å². The van der Waals surface area contributed by atoms with Crippen LogP contribution in [0.15, 0.2) is 18.2 Å². The van der Waals surface area contributed by atoms with Gasteiger partial charge in [0.25, 0.3) is 0 Å². The van der Waals surface area contributed by atoms with Crippen LogP contribution in [0, 0.1) is 0 Å². The third-order valence-electron chi connectivity index (χ3n) is 4.29. The molecule has 0 bridgehead atoms. The van der Waals surface area contributed by atoms with Gasteiger partial charge < -0.3 is 10.3 Å². The van der Waals surface area contributed by atoms with E-state index in [4.69, 9.17) is 0 Å². The number of aromatic nitrogens is 1. The summed E-state index contributed by atoms with van der Waals surface area (Å²) in [6.45, 7) is 3.96. The van der Waals surface area contributed by atoms with E-state index in [1.54, 1.807) is 0 Å². The Bertz CT molecular complexity index is 677. The Morgan fingerprint density at radius 1 is 1.22 bits per heavy atom. The second kappa shape index (κ2) is 2.97. The summed E-state index contributed by atoms with van der Waals surface area (Å²) in [5, 5.41) is 4.20. The topological polar surface area (TPSA) is 44.9 Å². The lowest BCUT2D eigenvalue weighted by atomic mass is 9.86. The van der Waals surface area contributed by atoms with E-state index in [2.05, 4.69) is 28.5 Å². The minimum absolute atomic E-state index is 0.0903. The third kappa shape index (κ3) is 1.22. The maximum Gasteiger partial charge on any atom is 0.234 e. The van der Waals surface area contributed by atoms with Gasteiger partial charge in [0.05, 0.1) is 5.41 Å². The van der Waals surface area contributed by atoms with E-state index in [1.165, 1.54) is 23.9 Å². The molecule has 0 spiro atoms. The third-order valence-corrected chi connectivity index (χ3v) is 4.29. The van der Waals surface area contributed by atoms with Gasteiger partial charge in [-0.15, -0.1) is 0 Å². The predicted molar refractivity (Wildman–Crippen MR) is 71.9 cm³/mol. The number of anilines is 1. The van der Waals surface area contributed by atoms with Crippen molar-refractivity contribution in [1.29, 1.82) is 0 Å². The largest absolute Gasteiger partial charge is 0.358 e. The molecule has 2 aromatic rings. The molecule has 1 aromatic carbocycles. The number of H-pyrrole nitrogens is 1. The number of carbonyl (C=O) groups is 1. The van der Waals surface area contributed by atoms with Crippen LogP contribution in [0.5, 0.6) is 0 Å². The van der Waals surface area contributed by atoms with Crippen molar-refractivity contribution >= 4 is 22.5 Å². The van der Waals surface area contributed by atoms with Crippen molar-refractivity contribution in [2.75, 3.05) is 5.32 Å². The average molecular weight is 240 g/mol. The minimum Gasteiger partial charge on any atom is -0.358 e. The molecule has 0 atom stereocenters. The number of fused-ring (bicyclic) bond motifs is 2. The highest BCUT2D eigenvalue weighted by Gasteiger charge is 2.38. The van der Waals surface area contributed by atoms with Gasteiger partial charge in [-0.2, -0.15) is 0 Å². The van der Waals surface area contributed by atoms with E-state index >= 15 is 0 Å². The SMILES string of the molecule is CC1(C)C(=O)Nc2cc3[nH]c(C4CC4)cc3cc21. The van der Waals surface area contributed by atoms with E-state index in [0.29, 0.717) is 0 Å². The highest BCUT2D eigenvalue weighted by molar-refractivity contribution is 6.08. The van der Waals surface area contributed by atoms with E-state index in [9.17, 15) is 4.79 Å².